The highest BCUT2D eigenvalue weighted by Gasteiger charge is 2.08. The standard InChI is InChI=1S/C18H19FN2O3/c1-24-11-10-20-17(22)14-4-6-15(7-5-14)18(23)21-12-13-2-8-16(19)9-3-13/h2-9H,10-12H2,1H3,(H,20,22)(H,21,23). The van der Waals surface area contributed by atoms with Crippen molar-refractivity contribution in [1.82, 2.24) is 10.6 Å². The first-order chi connectivity index (χ1) is 11.6. The third kappa shape index (κ3) is 5.17. The van der Waals surface area contributed by atoms with Crippen LogP contribution in [0, 0.1) is 5.82 Å². The Labute approximate surface area is 139 Å². The number of halogens is 1. The fourth-order valence-corrected chi connectivity index (χ4v) is 2.03. The van der Waals surface area contributed by atoms with Gasteiger partial charge in [-0.15, -0.1) is 0 Å². The van der Waals surface area contributed by atoms with Gasteiger partial charge in [-0.3, -0.25) is 9.59 Å². The van der Waals surface area contributed by atoms with Crippen LogP contribution in [0.5, 0.6) is 0 Å². The molecule has 0 atom stereocenters. The molecular formula is C18H19FN2O3. The molecule has 2 rings (SSSR count). The average molecular weight is 330 g/mol. The predicted molar refractivity (Wildman–Crippen MR) is 88.2 cm³/mol. The monoisotopic (exact) mass is 330 g/mol. The van der Waals surface area contributed by atoms with E-state index in [0.29, 0.717) is 30.8 Å². The van der Waals surface area contributed by atoms with Gasteiger partial charge in [-0.1, -0.05) is 12.1 Å². The predicted octanol–water partition coefficient (Wildman–Crippen LogP) is 2.13. The van der Waals surface area contributed by atoms with Crippen molar-refractivity contribution >= 4 is 11.8 Å². The summed E-state index contributed by atoms with van der Waals surface area (Å²) in [6.07, 6.45) is 0. The third-order valence-electron chi connectivity index (χ3n) is 3.37. The first-order valence-corrected chi connectivity index (χ1v) is 7.50. The molecule has 2 amide bonds. The van der Waals surface area contributed by atoms with E-state index in [4.69, 9.17) is 4.74 Å². The third-order valence-corrected chi connectivity index (χ3v) is 3.37. The number of ether oxygens (including phenoxy) is 1. The highest BCUT2D eigenvalue weighted by Crippen LogP contribution is 2.06. The topological polar surface area (TPSA) is 67.4 Å². The Kier molecular flexibility index (Phi) is 6.45. The van der Waals surface area contributed by atoms with Crippen LogP contribution in [0.3, 0.4) is 0 Å². The van der Waals surface area contributed by atoms with Gasteiger partial charge < -0.3 is 15.4 Å². The zero-order chi connectivity index (χ0) is 17.4. The minimum Gasteiger partial charge on any atom is -0.383 e. The maximum absolute atomic E-state index is 12.8. The van der Waals surface area contributed by atoms with Crippen LogP contribution >= 0.6 is 0 Å². The first kappa shape index (κ1) is 17.6. The van der Waals surface area contributed by atoms with Crippen LogP contribution in [0.4, 0.5) is 4.39 Å². The van der Waals surface area contributed by atoms with Gasteiger partial charge in [0.25, 0.3) is 11.8 Å². The number of carbonyl (C=O) groups is 2. The molecule has 126 valence electrons. The number of methoxy groups -OCH3 is 1. The Bertz CT molecular complexity index is 684. The molecule has 0 aliphatic heterocycles. The minimum absolute atomic E-state index is 0.217. The highest BCUT2D eigenvalue weighted by atomic mass is 19.1. The summed E-state index contributed by atoms with van der Waals surface area (Å²) in [5, 5.41) is 5.45. The van der Waals surface area contributed by atoms with Crippen molar-refractivity contribution in [3.8, 4) is 0 Å². The summed E-state index contributed by atoms with van der Waals surface area (Å²) in [5.41, 5.74) is 1.73. The molecule has 0 radical (unpaired) electrons. The number of carbonyl (C=O) groups excluding carboxylic acids is 2. The van der Waals surface area contributed by atoms with Crippen LogP contribution in [-0.2, 0) is 11.3 Å². The molecule has 0 spiro atoms. The van der Waals surface area contributed by atoms with E-state index in [-0.39, 0.29) is 17.6 Å². The Morgan fingerprint density at radius 3 is 2.00 bits per heavy atom. The molecule has 0 fully saturated rings. The van der Waals surface area contributed by atoms with Crippen LogP contribution in [0.15, 0.2) is 48.5 Å². The molecule has 6 heteroatoms. The maximum Gasteiger partial charge on any atom is 0.251 e. The van der Waals surface area contributed by atoms with Gasteiger partial charge in [-0.05, 0) is 42.0 Å². The fraction of sp³-hybridized carbons (Fsp3) is 0.222. The second-order valence-corrected chi connectivity index (χ2v) is 5.14. The van der Waals surface area contributed by atoms with E-state index in [1.54, 1.807) is 43.5 Å². The fourth-order valence-electron chi connectivity index (χ4n) is 2.03. The van der Waals surface area contributed by atoms with Gasteiger partial charge in [0.2, 0.25) is 0 Å². The van der Waals surface area contributed by atoms with Gasteiger partial charge in [0, 0.05) is 31.3 Å². The number of nitrogens with one attached hydrogen (secondary N) is 2. The second-order valence-electron chi connectivity index (χ2n) is 5.14. The quantitative estimate of drug-likeness (QED) is 0.764. The number of hydrogen-bond donors (Lipinski definition) is 2. The number of amides is 2. The van der Waals surface area contributed by atoms with E-state index >= 15 is 0 Å². The summed E-state index contributed by atoms with van der Waals surface area (Å²) >= 11 is 0. The summed E-state index contributed by atoms with van der Waals surface area (Å²) in [6.45, 7) is 1.17. The zero-order valence-electron chi connectivity index (χ0n) is 13.3. The van der Waals surface area contributed by atoms with Crippen molar-refractivity contribution in [2.75, 3.05) is 20.3 Å². The molecule has 0 heterocycles. The molecule has 0 aliphatic carbocycles. The Morgan fingerprint density at radius 2 is 1.46 bits per heavy atom. The van der Waals surface area contributed by atoms with Crippen molar-refractivity contribution < 1.29 is 18.7 Å². The Balaban J connectivity index is 1.88. The lowest BCUT2D eigenvalue weighted by Gasteiger charge is -2.07. The molecule has 0 bridgehead atoms. The van der Waals surface area contributed by atoms with Crippen LogP contribution < -0.4 is 10.6 Å². The van der Waals surface area contributed by atoms with E-state index in [1.165, 1.54) is 12.1 Å². The van der Waals surface area contributed by atoms with Crippen molar-refractivity contribution in [2.45, 2.75) is 6.54 Å². The lowest BCUT2D eigenvalue weighted by molar-refractivity contribution is 0.0930. The first-order valence-electron chi connectivity index (χ1n) is 7.50. The molecule has 2 N–H and O–H groups in total. The Hall–Kier alpha value is -2.73. The number of hydrogen-bond acceptors (Lipinski definition) is 3. The van der Waals surface area contributed by atoms with Gasteiger partial charge in [0.15, 0.2) is 0 Å². The average Bonchev–Trinajstić information content (AvgIpc) is 2.61. The highest BCUT2D eigenvalue weighted by molar-refractivity contribution is 5.97. The lowest BCUT2D eigenvalue weighted by atomic mass is 10.1. The largest absolute Gasteiger partial charge is 0.383 e. The summed E-state index contributed by atoms with van der Waals surface area (Å²) < 4.78 is 17.7. The van der Waals surface area contributed by atoms with Gasteiger partial charge in [0.1, 0.15) is 5.82 Å². The number of rotatable bonds is 7. The van der Waals surface area contributed by atoms with Gasteiger partial charge in [0.05, 0.1) is 6.61 Å². The summed E-state index contributed by atoms with van der Waals surface area (Å²) in [4.78, 5) is 23.9. The molecular weight excluding hydrogens is 311 g/mol. The van der Waals surface area contributed by atoms with Crippen LogP contribution in [0.25, 0.3) is 0 Å². The van der Waals surface area contributed by atoms with Crippen LogP contribution in [-0.4, -0.2) is 32.1 Å². The van der Waals surface area contributed by atoms with E-state index in [1.807, 2.05) is 0 Å². The molecule has 2 aromatic rings. The minimum atomic E-state index is -0.315. The second kappa shape index (κ2) is 8.79. The summed E-state index contributed by atoms with van der Waals surface area (Å²) in [6, 6.07) is 12.3. The van der Waals surface area contributed by atoms with Gasteiger partial charge in [-0.25, -0.2) is 4.39 Å². The SMILES string of the molecule is COCCNC(=O)c1ccc(C(=O)NCc2ccc(F)cc2)cc1. The lowest BCUT2D eigenvalue weighted by Crippen LogP contribution is -2.27. The van der Waals surface area contributed by atoms with Crippen molar-refractivity contribution in [1.29, 1.82) is 0 Å². The molecule has 24 heavy (non-hydrogen) atoms. The van der Waals surface area contributed by atoms with Crippen LogP contribution in [0.2, 0.25) is 0 Å². The van der Waals surface area contributed by atoms with Crippen molar-refractivity contribution in [3.05, 3.63) is 71.0 Å². The molecule has 2 aromatic carbocycles. The van der Waals surface area contributed by atoms with Crippen LogP contribution in [0.1, 0.15) is 26.3 Å². The van der Waals surface area contributed by atoms with E-state index < -0.39 is 0 Å². The van der Waals surface area contributed by atoms with Gasteiger partial charge in [-0.2, -0.15) is 0 Å². The van der Waals surface area contributed by atoms with E-state index in [9.17, 15) is 14.0 Å². The molecule has 0 unspecified atom stereocenters. The number of benzene rings is 2. The van der Waals surface area contributed by atoms with E-state index in [2.05, 4.69) is 10.6 Å². The molecule has 5 nitrogen and oxygen atoms in total. The molecule has 0 saturated heterocycles. The molecule has 0 aromatic heterocycles. The normalized spacial score (nSPS) is 10.2. The molecule has 0 saturated carbocycles. The maximum atomic E-state index is 12.8. The molecule has 0 aliphatic rings. The zero-order valence-corrected chi connectivity index (χ0v) is 13.3. The Morgan fingerprint density at radius 1 is 0.917 bits per heavy atom. The smallest absolute Gasteiger partial charge is 0.251 e. The van der Waals surface area contributed by atoms with Crippen molar-refractivity contribution in [3.63, 3.8) is 0 Å². The summed E-state index contributed by atoms with van der Waals surface area (Å²) in [5.74, 6) is -0.791. The van der Waals surface area contributed by atoms with Crippen molar-refractivity contribution in [2.24, 2.45) is 0 Å². The summed E-state index contributed by atoms with van der Waals surface area (Å²) in [7, 11) is 1.56. The van der Waals surface area contributed by atoms with Gasteiger partial charge >= 0.3 is 0 Å². The van der Waals surface area contributed by atoms with E-state index in [0.717, 1.165) is 5.56 Å².